The average Bonchev–Trinajstić information content (AvgIpc) is 2.42. The topological polar surface area (TPSA) is 23.5 Å². The van der Waals surface area contributed by atoms with Crippen LogP contribution in [0, 0.1) is 0 Å². The third kappa shape index (κ3) is 4.91. The number of unbranched alkanes of at least 4 members (excludes halogenated alkanes) is 1. The highest BCUT2D eigenvalue weighted by Gasteiger charge is 2.08. The molecule has 1 aliphatic rings. The van der Waals surface area contributed by atoms with E-state index in [2.05, 4.69) is 4.90 Å². The molecule has 1 aromatic rings. The fourth-order valence-electron chi connectivity index (χ4n) is 2.35. The van der Waals surface area contributed by atoms with Crippen LogP contribution in [0.4, 0.5) is 0 Å². The maximum atomic E-state index is 9.20. The van der Waals surface area contributed by atoms with Gasteiger partial charge < -0.3 is 10.0 Å². The van der Waals surface area contributed by atoms with E-state index in [1.165, 1.54) is 62.4 Å². The molecule has 0 aromatic heterocycles. The second-order valence-corrected chi connectivity index (χ2v) is 6.12. The Balaban J connectivity index is 1.54. The highest BCUT2D eigenvalue weighted by molar-refractivity contribution is 7.99. The van der Waals surface area contributed by atoms with Gasteiger partial charge in [-0.15, -0.1) is 11.8 Å². The number of benzene rings is 1. The van der Waals surface area contributed by atoms with Crippen LogP contribution in [0.2, 0.25) is 0 Å². The van der Waals surface area contributed by atoms with Gasteiger partial charge in [0.05, 0.1) is 0 Å². The standard InChI is InChI=1S/C15H23NOS/c17-14-6-8-15(9-7-14)18-13-5-4-12-16-10-2-1-3-11-16/h6-9,17H,1-5,10-13H2. The Labute approximate surface area is 114 Å². The summed E-state index contributed by atoms with van der Waals surface area (Å²) in [6.45, 7) is 3.90. The summed E-state index contributed by atoms with van der Waals surface area (Å²) >= 11 is 1.89. The number of thioether (sulfide) groups is 1. The van der Waals surface area contributed by atoms with Crippen molar-refractivity contribution in [3.05, 3.63) is 24.3 Å². The summed E-state index contributed by atoms with van der Waals surface area (Å²) in [6, 6.07) is 7.50. The molecule has 0 saturated carbocycles. The summed E-state index contributed by atoms with van der Waals surface area (Å²) in [7, 11) is 0. The van der Waals surface area contributed by atoms with E-state index in [-0.39, 0.29) is 0 Å². The molecule has 0 bridgehead atoms. The molecule has 0 amide bonds. The number of likely N-dealkylation sites (tertiary alicyclic amines) is 1. The average molecular weight is 265 g/mol. The molecule has 3 heteroatoms. The maximum absolute atomic E-state index is 9.20. The van der Waals surface area contributed by atoms with Crippen molar-refractivity contribution in [2.75, 3.05) is 25.4 Å². The number of rotatable bonds is 6. The molecule has 1 N–H and O–H groups in total. The Hall–Kier alpha value is -0.670. The molecule has 18 heavy (non-hydrogen) atoms. The number of hydrogen-bond donors (Lipinski definition) is 1. The summed E-state index contributed by atoms with van der Waals surface area (Å²) < 4.78 is 0. The molecular weight excluding hydrogens is 242 g/mol. The largest absolute Gasteiger partial charge is 0.508 e. The van der Waals surface area contributed by atoms with Gasteiger partial charge in [-0.05, 0) is 75.3 Å². The van der Waals surface area contributed by atoms with E-state index in [0.29, 0.717) is 5.75 Å². The van der Waals surface area contributed by atoms with Crippen LogP contribution in [-0.4, -0.2) is 35.4 Å². The van der Waals surface area contributed by atoms with Crippen molar-refractivity contribution in [3.8, 4) is 5.75 Å². The summed E-state index contributed by atoms with van der Waals surface area (Å²) in [5.74, 6) is 1.53. The number of phenols is 1. The van der Waals surface area contributed by atoms with Crippen molar-refractivity contribution in [2.24, 2.45) is 0 Å². The first-order valence-corrected chi connectivity index (χ1v) is 7.97. The highest BCUT2D eigenvalue weighted by atomic mass is 32.2. The molecule has 0 radical (unpaired) electrons. The molecule has 1 aromatic carbocycles. The number of nitrogens with zero attached hydrogens (tertiary/aromatic N) is 1. The smallest absolute Gasteiger partial charge is 0.115 e. The van der Waals surface area contributed by atoms with Crippen molar-refractivity contribution in [2.45, 2.75) is 37.0 Å². The van der Waals surface area contributed by atoms with E-state index in [1.54, 1.807) is 12.1 Å². The van der Waals surface area contributed by atoms with Gasteiger partial charge in [0, 0.05) is 4.90 Å². The van der Waals surface area contributed by atoms with E-state index >= 15 is 0 Å². The van der Waals surface area contributed by atoms with Gasteiger partial charge in [-0.25, -0.2) is 0 Å². The van der Waals surface area contributed by atoms with Gasteiger partial charge in [0.25, 0.3) is 0 Å². The van der Waals surface area contributed by atoms with Crippen molar-refractivity contribution in [1.82, 2.24) is 4.90 Å². The van der Waals surface area contributed by atoms with E-state index in [9.17, 15) is 5.11 Å². The molecule has 0 spiro atoms. The van der Waals surface area contributed by atoms with Crippen LogP contribution >= 0.6 is 11.8 Å². The minimum atomic E-state index is 0.351. The van der Waals surface area contributed by atoms with Crippen LogP contribution < -0.4 is 0 Å². The van der Waals surface area contributed by atoms with E-state index < -0.39 is 0 Å². The number of hydrogen-bond acceptors (Lipinski definition) is 3. The Kier molecular flexibility index (Phi) is 5.88. The lowest BCUT2D eigenvalue weighted by atomic mass is 10.1. The monoisotopic (exact) mass is 265 g/mol. The number of phenolic OH excluding ortho intramolecular Hbond substituents is 1. The molecule has 1 fully saturated rings. The number of aromatic hydroxyl groups is 1. The maximum Gasteiger partial charge on any atom is 0.115 e. The van der Waals surface area contributed by atoms with Gasteiger partial charge in [0.2, 0.25) is 0 Å². The minimum absolute atomic E-state index is 0.351. The lowest BCUT2D eigenvalue weighted by Crippen LogP contribution is -2.30. The first-order valence-electron chi connectivity index (χ1n) is 6.99. The molecule has 1 saturated heterocycles. The first-order chi connectivity index (χ1) is 8.84. The second kappa shape index (κ2) is 7.70. The summed E-state index contributed by atoms with van der Waals surface area (Å²) in [5.41, 5.74) is 0. The molecular formula is C15H23NOS. The van der Waals surface area contributed by atoms with Crippen LogP contribution in [0.1, 0.15) is 32.1 Å². The van der Waals surface area contributed by atoms with Crippen molar-refractivity contribution < 1.29 is 5.11 Å². The summed E-state index contributed by atoms with van der Waals surface area (Å²) in [4.78, 5) is 3.86. The summed E-state index contributed by atoms with van der Waals surface area (Å²) in [5, 5.41) is 9.20. The van der Waals surface area contributed by atoms with Gasteiger partial charge in [-0.2, -0.15) is 0 Å². The van der Waals surface area contributed by atoms with Crippen LogP contribution in [0.25, 0.3) is 0 Å². The first kappa shape index (κ1) is 13.8. The Morgan fingerprint density at radius 3 is 2.44 bits per heavy atom. The van der Waals surface area contributed by atoms with Crippen LogP contribution in [0.3, 0.4) is 0 Å². The van der Waals surface area contributed by atoms with Gasteiger partial charge >= 0.3 is 0 Å². The van der Waals surface area contributed by atoms with Gasteiger partial charge in [0.1, 0.15) is 5.75 Å². The fraction of sp³-hybridized carbons (Fsp3) is 0.600. The molecule has 2 rings (SSSR count). The predicted molar refractivity (Wildman–Crippen MR) is 78.4 cm³/mol. The zero-order valence-electron chi connectivity index (χ0n) is 11.0. The molecule has 1 heterocycles. The molecule has 0 atom stereocenters. The quantitative estimate of drug-likeness (QED) is 0.626. The third-order valence-electron chi connectivity index (χ3n) is 3.42. The third-order valence-corrected chi connectivity index (χ3v) is 4.52. The van der Waals surface area contributed by atoms with E-state index in [0.717, 1.165) is 0 Å². The zero-order chi connectivity index (χ0) is 12.6. The van der Waals surface area contributed by atoms with Crippen LogP contribution in [-0.2, 0) is 0 Å². The second-order valence-electron chi connectivity index (χ2n) is 4.95. The lowest BCUT2D eigenvalue weighted by molar-refractivity contribution is 0.226. The Bertz CT molecular complexity index is 333. The predicted octanol–water partition coefficient (Wildman–Crippen LogP) is 3.75. The fourth-order valence-corrected chi connectivity index (χ4v) is 3.27. The van der Waals surface area contributed by atoms with Gasteiger partial charge in [-0.1, -0.05) is 6.42 Å². The number of piperidine rings is 1. The lowest BCUT2D eigenvalue weighted by Gasteiger charge is -2.26. The summed E-state index contributed by atoms with van der Waals surface area (Å²) in [6.07, 6.45) is 6.80. The molecule has 2 nitrogen and oxygen atoms in total. The normalized spacial score (nSPS) is 16.9. The van der Waals surface area contributed by atoms with Crippen molar-refractivity contribution in [3.63, 3.8) is 0 Å². The van der Waals surface area contributed by atoms with Crippen LogP contribution in [0.5, 0.6) is 5.75 Å². The molecule has 1 aliphatic heterocycles. The Morgan fingerprint density at radius 2 is 1.72 bits per heavy atom. The zero-order valence-corrected chi connectivity index (χ0v) is 11.8. The van der Waals surface area contributed by atoms with E-state index in [1.807, 2.05) is 23.9 Å². The molecule has 100 valence electrons. The van der Waals surface area contributed by atoms with Crippen LogP contribution in [0.15, 0.2) is 29.2 Å². The Morgan fingerprint density at radius 1 is 1.00 bits per heavy atom. The molecule has 0 unspecified atom stereocenters. The van der Waals surface area contributed by atoms with Gasteiger partial charge in [-0.3, -0.25) is 0 Å². The van der Waals surface area contributed by atoms with E-state index in [4.69, 9.17) is 0 Å². The van der Waals surface area contributed by atoms with Gasteiger partial charge in [0.15, 0.2) is 0 Å². The SMILES string of the molecule is Oc1ccc(SCCCCN2CCCCC2)cc1. The molecule has 0 aliphatic carbocycles. The highest BCUT2D eigenvalue weighted by Crippen LogP contribution is 2.21. The van der Waals surface area contributed by atoms with Crippen molar-refractivity contribution in [1.29, 1.82) is 0 Å². The minimum Gasteiger partial charge on any atom is -0.508 e. The van der Waals surface area contributed by atoms with Crippen molar-refractivity contribution >= 4 is 11.8 Å².